The van der Waals surface area contributed by atoms with Crippen LogP contribution >= 0.6 is 11.6 Å². The van der Waals surface area contributed by atoms with E-state index in [9.17, 15) is 4.79 Å². The predicted molar refractivity (Wildman–Crippen MR) is 52.0 cm³/mol. The first-order chi connectivity index (χ1) is 6.31. The SMILES string of the molecule is COCCCCCCOC(=O)CCl. The molecule has 0 aromatic carbocycles. The van der Waals surface area contributed by atoms with Gasteiger partial charge in [0.05, 0.1) is 6.61 Å². The van der Waals surface area contributed by atoms with E-state index in [1.54, 1.807) is 7.11 Å². The highest BCUT2D eigenvalue weighted by molar-refractivity contribution is 6.26. The average Bonchev–Trinajstić information content (AvgIpc) is 2.16. The topological polar surface area (TPSA) is 35.5 Å². The summed E-state index contributed by atoms with van der Waals surface area (Å²) in [5.74, 6) is -0.387. The Morgan fingerprint density at radius 1 is 1.15 bits per heavy atom. The molecule has 0 radical (unpaired) electrons. The van der Waals surface area contributed by atoms with E-state index >= 15 is 0 Å². The number of alkyl halides is 1. The molecular weight excluding hydrogens is 192 g/mol. The lowest BCUT2D eigenvalue weighted by Crippen LogP contribution is -2.06. The van der Waals surface area contributed by atoms with Crippen LogP contribution in [-0.2, 0) is 14.3 Å². The molecule has 0 amide bonds. The molecule has 0 spiro atoms. The Labute approximate surface area is 84.4 Å². The molecule has 13 heavy (non-hydrogen) atoms. The molecule has 0 rings (SSSR count). The molecule has 78 valence electrons. The van der Waals surface area contributed by atoms with Crippen molar-refractivity contribution < 1.29 is 14.3 Å². The molecule has 0 fully saturated rings. The lowest BCUT2D eigenvalue weighted by Gasteiger charge is -2.02. The van der Waals surface area contributed by atoms with Crippen LogP contribution in [0.25, 0.3) is 0 Å². The Bertz CT molecular complexity index is 128. The highest BCUT2D eigenvalue weighted by atomic mass is 35.5. The molecule has 0 unspecified atom stereocenters. The van der Waals surface area contributed by atoms with Crippen molar-refractivity contribution in [3.05, 3.63) is 0 Å². The third-order valence-electron chi connectivity index (χ3n) is 1.61. The van der Waals surface area contributed by atoms with Crippen molar-refractivity contribution in [2.45, 2.75) is 25.7 Å². The number of hydrogen-bond donors (Lipinski definition) is 0. The second-order valence-corrected chi connectivity index (χ2v) is 3.03. The van der Waals surface area contributed by atoms with Crippen LogP contribution in [0.5, 0.6) is 0 Å². The van der Waals surface area contributed by atoms with E-state index in [1.807, 2.05) is 0 Å². The van der Waals surface area contributed by atoms with Crippen molar-refractivity contribution >= 4 is 17.6 Å². The molecule has 0 heterocycles. The zero-order valence-corrected chi connectivity index (χ0v) is 8.81. The zero-order valence-electron chi connectivity index (χ0n) is 8.05. The fourth-order valence-corrected chi connectivity index (χ4v) is 1.00. The minimum absolute atomic E-state index is 0.0519. The van der Waals surface area contributed by atoms with E-state index in [1.165, 1.54) is 0 Å². The van der Waals surface area contributed by atoms with Crippen molar-refractivity contribution in [1.29, 1.82) is 0 Å². The summed E-state index contributed by atoms with van der Waals surface area (Å²) in [5, 5.41) is 0. The molecule has 0 bridgehead atoms. The van der Waals surface area contributed by atoms with Gasteiger partial charge in [0, 0.05) is 13.7 Å². The molecule has 0 saturated heterocycles. The maximum Gasteiger partial charge on any atom is 0.320 e. The molecule has 4 heteroatoms. The summed E-state index contributed by atoms with van der Waals surface area (Å²) in [6, 6.07) is 0. The maximum atomic E-state index is 10.6. The fourth-order valence-electron chi connectivity index (χ4n) is 0.927. The largest absolute Gasteiger partial charge is 0.465 e. The van der Waals surface area contributed by atoms with Crippen LogP contribution in [0.3, 0.4) is 0 Å². The number of hydrogen-bond acceptors (Lipinski definition) is 3. The van der Waals surface area contributed by atoms with Crippen molar-refractivity contribution in [2.24, 2.45) is 0 Å². The van der Waals surface area contributed by atoms with Gasteiger partial charge in [0.25, 0.3) is 0 Å². The van der Waals surface area contributed by atoms with Crippen LogP contribution in [0, 0.1) is 0 Å². The van der Waals surface area contributed by atoms with Crippen LogP contribution in [0.1, 0.15) is 25.7 Å². The van der Waals surface area contributed by atoms with Gasteiger partial charge in [-0.05, 0) is 19.3 Å². The first-order valence-corrected chi connectivity index (χ1v) is 5.05. The smallest absolute Gasteiger partial charge is 0.320 e. The summed E-state index contributed by atoms with van der Waals surface area (Å²) in [7, 11) is 1.70. The third-order valence-corrected chi connectivity index (χ3v) is 1.83. The van der Waals surface area contributed by atoms with Crippen molar-refractivity contribution in [3.63, 3.8) is 0 Å². The van der Waals surface area contributed by atoms with Gasteiger partial charge < -0.3 is 9.47 Å². The van der Waals surface area contributed by atoms with Gasteiger partial charge in [-0.2, -0.15) is 0 Å². The molecule has 0 aromatic heterocycles. The van der Waals surface area contributed by atoms with E-state index < -0.39 is 0 Å². The molecule has 0 atom stereocenters. The normalized spacial score (nSPS) is 10.0. The van der Waals surface area contributed by atoms with Gasteiger partial charge in [0.2, 0.25) is 0 Å². The molecule has 0 aliphatic carbocycles. The van der Waals surface area contributed by atoms with Gasteiger partial charge in [-0.15, -0.1) is 11.6 Å². The summed E-state index contributed by atoms with van der Waals surface area (Å²) in [4.78, 5) is 10.6. The second kappa shape index (κ2) is 9.81. The van der Waals surface area contributed by atoms with Crippen LogP contribution in [-0.4, -0.2) is 32.2 Å². The van der Waals surface area contributed by atoms with E-state index in [0.717, 1.165) is 32.3 Å². The van der Waals surface area contributed by atoms with Gasteiger partial charge in [-0.3, -0.25) is 4.79 Å². The zero-order chi connectivity index (χ0) is 9.94. The maximum absolute atomic E-state index is 10.6. The van der Waals surface area contributed by atoms with E-state index in [0.29, 0.717) is 6.61 Å². The van der Waals surface area contributed by atoms with E-state index in [-0.39, 0.29) is 11.8 Å². The summed E-state index contributed by atoms with van der Waals surface area (Å²) in [5.41, 5.74) is 0. The van der Waals surface area contributed by atoms with Gasteiger partial charge in [-0.1, -0.05) is 6.42 Å². The average molecular weight is 209 g/mol. The lowest BCUT2D eigenvalue weighted by atomic mass is 10.2. The Hall–Kier alpha value is -0.280. The highest BCUT2D eigenvalue weighted by Gasteiger charge is 1.98. The first kappa shape index (κ1) is 12.7. The summed E-state index contributed by atoms with van der Waals surface area (Å²) < 4.78 is 9.70. The van der Waals surface area contributed by atoms with Gasteiger partial charge in [-0.25, -0.2) is 0 Å². The molecule has 0 aromatic rings. The number of rotatable bonds is 8. The standard InChI is InChI=1S/C9H17ClO3/c1-12-6-4-2-3-5-7-13-9(11)8-10/h2-8H2,1H3. The Morgan fingerprint density at radius 2 is 1.77 bits per heavy atom. The van der Waals surface area contributed by atoms with Crippen molar-refractivity contribution in [1.82, 2.24) is 0 Å². The van der Waals surface area contributed by atoms with Gasteiger partial charge in [0.1, 0.15) is 5.88 Å². The van der Waals surface area contributed by atoms with Crippen molar-refractivity contribution in [2.75, 3.05) is 26.2 Å². The van der Waals surface area contributed by atoms with Crippen LogP contribution < -0.4 is 0 Å². The van der Waals surface area contributed by atoms with Crippen molar-refractivity contribution in [3.8, 4) is 0 Å². The highest BCUT2D eigenvalue weighted by Crippen LogP contribution is 2.00. The molecule has 3 nitrogen and oxygen atoms in total. The first-order valence-electron chi connectivity index (χ1n) is 4.51. The predicted octanol–water partition coefficient (Wildman–Crippen LogP) is 1.98. The molecule has 0 aliphatic rings. The number of carbonyl (C=O) groups is 1. The lowest BCUT2D eigenvalue weighted by molar-refractivity contribution is -0.140. The third kappa shape index (κ3) is 9.64. The van der Waals surface area contributed by atoms with Gasteiger partial charge in [0.15, 0.2) is 0 Å². The summed E-state index contributed by atoms with van der Waals surface area (Å²) >= 11 is 5.24. The monoisotopic (exact) mass is 208 g/mol. The van der Waals surface area contributed by atoms with Crippen LogP contribution in [0.2, 0.25) is 0 Å². The minimum Gasteiger partial charge on any atom is -0.465 e. The number of unbranched alkanes of at least 4 members (excludes halogenated alkanes) is 3. The number of esters is 1. The number of ether oxygens (including phenoxy) is 2. The van der Waals surface area contributed by atoms with Crippen LogP contribution in [0.4, 0.5) is 0 Å². The van der Waals surface area contributed by atoms with Gasteiger partial charge >= 0.3 is 5.97 Å². The Kier molecular flexibility index (Phi) is 9.59. The molecule has 0 saturated carbocycles. The number of methoxy groups -OCH3 is 1. The Morgan fingerprint density at radius 3 is 2.31 bits per heavy atom. The summed E-state index contributed by atoms with van der Waals surface area (Å²) in [6.45, 7) is 1.29. The molecule has 0 N–H and O–H groups in total. The minimum atomic E-state index is -0.335. The molecular formula is C9H17ClO3. The number of halogens is 1. The molecule has 0 aliphatic heterocycles. The number of carbonyl (C=O) groups excluding carboxylic acids is 1. The quantitative estimate of drug-likeness (QED) is 0.348. The van der Waals surface area contributed by atoms with Crippen LogP contribution in [0.15, 0.2) is 0 Å². The van der Waals surface area contributed by atoms with E-state index in [2.05, 4.69) is 0 Å². The fraction of sp³-hybridized carbons (Fsp3) is 0.889. The summed E-state index contributed by atoms with van der Waals surface area (Å²) in [6.07, 6.45) is 4.16. The second-order valence-electron chi connectivity index (χ2n) is 2.76. The Balaban J connectivity index is 2.95. The van der Waals surface area contributed by atoms with E-state index in [4.69, 9.17) is 21.1 Å².